The van der Waals surface area contributed by atoms with Gasteiger partial charge >= 0.3 is 0 Å². The summed E-state index contributed by atoms with van der Waals surface area (Å²) in [6.07, 6.45) is 21.5. The van der Waals surface area contributed by atoms with E-state index in [-0.39, 0.29) is 162 Å². The normalized spacial score (nSPS) is 29.1. The average Bonchev–Trinajstić information content (AvgIpc) is 0.950. The van der Waals surface area contributed by atoms with Crippen LogP contribution in [0.5, 0.6) is 0 Å². The number of carbonyl (C=O) groups excluding carboxylic acids is 12. The molecule has 0 bridgehead atoms. The fourth-order valence-corrected chi connectivity index (χ4v) is 13.2. The van der Waals surface area contributed by atoms with E-state index >= 15 is 0 Å². The Morgan fingerprint density at radius 2 is 0.800 bits per heavy atom. The number of β-amino-alcohol motifs (C(OH)–C–C–N with tert-alkyl or cyclic N) is 1. The van der Waals surface area contributed by atoms with Gasteiger partial charge in [0, 0.05) is 143 Å². The number of hydrogen-bond acceptors (Lipinski definition) is 25. The standard InChI is InChI=1S/C16H21N3O2S.C13H21N3O3.2C12H21N3O3S.C12H21N3O3.C12H21N3O2S/c1-10(2)12-7-8-15(20)18-13-5-3-4-6-14(13)22-9-11(17)16(21)19-12;1-9(2)11-3-4-12(17)15-6-8-19-7-5-10(14)13(18)16-11;1-7(2)9-3-4-10(16)14-5-11(17)19-6-8(13)12(18)15-9;1-8(2)10-3-4-11(16)14-5-6-19(18)7-9(13)12(17)15-10;2*1-8(2)10-3-4-11(16)14-5-6-18-7-9(13)12(17)15-10/h3-8,10-12H,9,17H2,1-2H3,(H,18,20)(H,19,21);3-5,7,9-11H,6,8,14H2,1-2H3,(H,15,17)(H,16,18);3-4,7-9,11,17H,5-6,13H2,1-2H3,(H,14,16)(H,15,18);3-4,8-10H,5-7,13H2,1-2H3,(H,14,16)(H,15,17);2*3-4,8-10H,5-7,13H2,1-2H3,(H,14,16)(H,15,17)/b8-7+;4-3+,7-5+;4*4-3+/t11-,12+;10-,11+;8-,9+,11+;9-,10+,19?;2*9-,10+/m000000/s1. The fraction of sp³-hybridized carbons (Fsp3) is 0.584. The third-order valence-electron chi connectivity index (χ3n) is 16.9. The third kappa shape index (κ3) is 45.1. The number of hydrogen-bond donors (Lipinski definition) is 19. The van der Waals surface area contributed by atoms with Crippen LogP contribution in [0.1, 0.15) is 83.1 Å². The number of aliphatic hydroxyl groups is 1. The van der Waals surface area contributed by atoms with Crippen molar-refractivity contribution in [2.24, 2.45) is 69.9 Å². The monoisotopic (exact) mass is 1690 g/mol. The van der Waals surface area contributed by atoms with Gasteiger partial charge in [-0.25, -0.2) is 0 Å². The highest BCUT2D eigenvalue weighted by Gasteiger charge is 2.27. The van der Waals surface area contributed by atoms with Crippen LogP contribution >= 0.6 is 35.3 Å². The van der Waals surface area contributed by atoms with E-state index < -0.39 is 52.5 Å². The van der Waals surface area contributed by atoms with Gasteiger partial charge in [0.05, 0.1) is 62.4 Å². The van der Waals surface area contributed by atoms with Crippen LogP contribution in [0.15, 0.2) is 114 Å². The first-order valence-corrected chi connectivity index (χ1v) is 42.9. The molecule has 0 aliphatic carbocycles. The van der Waals surface area contributed by atoms with Crippen LogP contribution in [0.4, 0.5) is 5.69 Å². The predicted molar refractivity (Wildman–Crippen MR) is 454 cm³/mol. The van der Waals surface area contributed by atoms with Gasteiger partial charge in [0.25, 0.3) is 0 Å². The molecule has 6 aliphatic rings. The Balaban J connectivity index is 0.000000469. The first kappa shape index (κ1) is 103. The number of nitrogens with one attached hydrogen (secondary N) is 12. The van der Waals surface area contributed by atoms with Crippen molar-refractivity contribution in [2.75, 3.05) is 92.4 Å². The molecule has 34 nitrogen and oxygen atoms in total. The second-order valence-corrected chi connectivity index (χ2v) is 34.1. The topological polar surface area (TPSA) is 561 Å². The summed E-state index contributed by atoms with van der Waals surface area (Å²) in [6, 6.07) is 2.14. The van der Waals surface area contributed by atoms with Crippen LogP contribution in [-0.4, -0.2) is 245 Å². The molecule has 0 spiro atoms. The molecule has 0 aromatic heterocycles. The molecule has 38 heteroatoms. The minimum absolute atomic E-state index is 0.107. The summed E-state index contributed by atoms with van der Waals surface area (Å²) < 4.78 is 22.0. The van der Waals surface area contributed by atoms with Crippen molar-refractivity contribution in [3.63, 3.8) is 0 Å². The molecule has 1 aromatic rings. The molecule has 6 heterocycles. The summed E-state index contributed by atoms with van der Waals surface area (Å²) in [5.41, 5.74) is 34.6. The van der Waals surface area contributed by atoms with Crippen molar-refractivity contribution < 1.29 is 76.3 Å². The molecule has 25 N–H and O–H groups in total. The van der Waals surface area contributed by atoms with E-state index in [9.17, 15) is 66.8 Å². The maximum absolute atomic E-state index is 12.2. The Labute approximate surface area is 691 Å². The van der Waals surface area contributed by atoms with Crippen LogP contribution in [0.2, 0.25) is 0 Å². The lowest BCUT2D eigenvalue weighted by molar-refractivity contribution is -0.125. The van der Waals surface area contributed by atoms with Crippen LogP contribution in [0.3, 0.4) is 0 Å². The summed E-state index contributed by atoms with van der Waals surface area (Å²) in [7, 11) is -1.21. The van der Waals surface area contributed by atoms with Crippen molar-refractivity contribution in [3.05, 3.63) is 110 Å². The maximum atomic E-state index is 12.2. The number of carbonyl (C=O) groups is 12. The minimum Gasteiger partial charge on any atom is -0.500 e. The zero-order chi connectivity index (χ0) is 86.3. The van der Waals surface area contributed by atoms with Crippen molar-refractivity contribution >= 4 is 123 Å². The van der Waals surface area contributed by atoms with E-state index in [0.717, 1.165) is 28.1 Å². The Morgan fingerprint density at radius 1 is 0.426 bits per heavy atom. The predicted octanol–water partition coefficient (Wildman–Crippen LogP) is -1.46. The molecule has 644 valence electrons. The fourth-order valence-electron chi connectivity index (χ4n) is 9.58. The van der Waals surface area contributed by atoms with E-state index in [1.165, 1.54) is 60.6 Å². The van der Waals surface area contributed by atoms with Crippen molar-refractivity contribution in [1.29, 1.82) is 0 Å². The zero-order valence-corrected chi connectivity index (χ0v) is 71.2. The molecule has 14 atom stereocenters. The molecule has 12 amide bonds. The molecule has 6 aliphatic heterocycles. The number of fused-ring (bicyclic) bond motifs is 1. The molecule has 0 saturated carbocycles. The summed E-state index contributed by atoms with van der Waals surface area (Å²) in [4.78, 5) is 142. The van der Waals surface area contributed by atoms with Gasteiger partial charge in [0.1, 0.15) is 24.1 Å². The molecular weight excluding hydrogens is 1560 g/mol. The third-order valence-corrected chi connectivity index (χ3v) is 21.7. The van der Waals surface area contributed by atoms with Crippen LogP contribution < -0.4 is 98.2 Å². The van der Waals surface area contributed by atoms with Gasteiger partial charge < -0.3 is 113 Å². The van der Waals surface area contributed by atoms with Gasteiger partial charge in [-0.05, 0) is 53.7 Å². The number of amides is 12. The minimum atomic E-state index is -1.21. The molecule has 7 rings (SSSR count). The van der Waals surface area contributed by atoms with E-state index in [2.05, 4.69) is 63.8 Å². The van der Waals surface area contributed by atoms with Gasteiger partial charge in [-0.2, -0.15) is 11.8 Å². The zero-order valence-electron chi connectivity index (χ0n) is 67.9. The lowest BCUT2D eigenvalue weighted by atomic mass is 10.0. The molecule has 0 saturated heterocycles. The smallest absolute Gasteiger partial charge is 0.248 e. The first-order chi connectivity index (χ1) is 54.3. The van der Waals surface area contributed by atoms with Crippen molar-refractivity contribution in [3.8, 4) is 0 Å². The van der Waals surface area contributed by atoms with Crippen molar-refractivity contribution in [2.45, 2.75) is 166 Å². The second kappa shape index (κ2) is 56.9. The van der Waals surface area contributed by atoms with Crippen LogP contribution in [0, 0.1) is 35.5 Å². The molecule has 0 radical (unpaired) electrons. The SMILES string of the molecule is CC(C)[C@H]1/C=C/C(=O)NCCO/C=C/[C@H](N)C(=O)N1.CC(C)[C@H]1/C=C/C(=O)NCCOC[C@H](N)C(=O)N1.CC(C)[C@H]1/C=C/C(=O)NCCS(=O)C[C@H](N)C(=O)N1.CC(C)[C@H]1/C=C/C(=O)NCCSC[C@H](N)C(=O)N1.CC(C)[C@H]1/C=C/C(=O)NC[C@H](O)SC[C@H](N)C(=O)N1.CC(C)[C@H]1/C=C/C(=O)Nc2ccccc2SC[C@H](N)C(=O)N1. The van der Waals surface area contributed by atoms with E-state index in [1.54, 1.807) is 48.2 Å². The summed E-state index contributed by atoms with van der Waals surface area (Å²) in [5.74, 6) is 0.673. The lowest BCUT2D eigenvalue weighted by Crippen LogP contribution is -2.49. The van der Waals surface area contributed by atoms with Gasteiger partial charge in [-0.15, -0.1) is 23.5 Å². The Hall–Kier alpha value is -8.28. The molecule has 1 unspecified atom stereocenters. The van der Waals surface area contributed by atoms with Gasteiger partial charge in [0.15, 0.2) is 0 Å². The Bertz CT molecular complexity index is 3460. The Morgan fingerprint density at radius 3 is 1.26 bits per heavy atom. The number of anilines is 1. The molecular formula is C77H126N18O16S4. The quantitative estimate of drug-likeness (QED) is 0.155. The average molecular weight is 1690 g/mol. The van der Waals surface area contributed by atoms with E-state index in [4.69, 9.17) is 43.9 Å². The number of thioether (sulfide) groups is 3. The number of aliphatic hydroxyl groups excluding tert-OH is 1. The first-order valence-electron chi connectivity index (χ1n) is 38.2. The molecule has 115 heavy (non-hydrogen) atoms. The molecule has 1 aromatic carbocycles. The second-order valence-electron chi connectivity index (χ2n) is 29.0. The number of para-hydroxylation sites is 1. The van der Waals surface area contributed by atoms with Gasteiger partial charge in [-0.3, -0.25) is 61.7 Å². The lowest BCUT2D eigenvalue weighted by Gasteiger charge is -2.22. The Kier molecular flexibility index (Phi) is 50.9. The number of nitrogens with two attached hydrogens (primary N) is 6. The highest BCUT2D eigenvalue weighted by molar-refractivity contribution is 8.00. The van der Waals surface area contributed by atoms with Gasteiger partial charge in [0.2, 0.25) is 70.9 Å². The van der Waals surface area contributed by atoms with E-state index in [0.29, 0.717) is 62.4 Å². The van der Waals surface area contributed by atoms with Crippen LogP contribution in [0.25, 0.3) is 0 Å². The maximum Gasteiger partial charge on any atom is 0.248 e. The highest BCUT2D eigenvalue weighted by atomic mass is 32.2. The molecule has 0 fully saturated rings. The number of rotatable bonds is 6. The largest absolute Gasteiger partial charge is 0.500 e. The van der Waals surface area contributed by atoms with E-state index in [1.807, 2.05) is 107 Å². The number of benzene rings is 1. The number of ether oxygens (including phenoxy) is 2. The highest BCUT2D eigenvalue weighted by Crippen LogP contribution is 2.28. The summed E-state index contributed by atoms with van der Waals surface area (Å²) in [6.45, 7) is 26.2. The summed E-state index contributed by atoms with van der Waals surface area (Å²) >= 11 is 4.17. The summed E-state index contributed by atoms with van der Waals surface area (Å²) in [5, 5.41) is 42.7. The van der Waals surface area contributed by atoms with Crippen molar-refractivity contribution in [1.82, 2.24) is 58.5 Å². The van der Waals surface area contributed by atoms with Gasteiger partial charge in [-0.1, -0.05) is 132 Å². The van der Waals surface area contributed by atoms with Crippen LogP contribution in [-0.2, 0) is 77.8 Å².